The highest BCUT2D eigenvalue weighted by Crippen LogP contribution is 2.13. The maximum atomic E-state index is 5.46. The number of hydrogen-bond acceptors (Lipinski definition) is 4. The number of ether oxygens (including phenoxy) is 1. The number of thiazole rings is 1. The SMILES string of the molecule is c1cn2cc(CNCC3CCCOC3)nc2s1. The monoisotopic (exact) mass is 251 g/mol. The fraction of sp³-hybridized carbons (Fsp3) is 0.583. The Bertz CT molecular complexity index is 444. The summed E-state index contributed by atoms with van der Waals surface area (Å²) in [7, 11) is 0. The zero-order valence-corrected chi connectivity index (χ0v) is 10.6. The molecule has 1 fully saturated rings. The molecule has 2 aromatic rings. The van der Waals surface area contributed by atoms with E-state index < -0.39 is 0 Å². The van der Waals surface area contributed by atoms with Crippen LogP contribution >= 0.6 is 11.3 Å². The van der Waals surface area contributed by atoms with Crippen molar-refractivity contribution in [2.75, 3.05) is 19.8 Å². The lowest BCUT2D eigenvalue weighted by Gasteiger charge is -2.21. The largest absolute Gasteiger partial charge is 0.381 e. The minimum Gasteiger partial charge on any atom is -0.381 e. The number of aromatic nitrogens is 2. The van der Waals surface area contributed by atoms with E-state index >= 15 is 0 Å². The molecule has 4 nitrogen and oxygen atoms in total. The fourth-order valence-electron chi connectivity index (χ4n) is 2.23. The van der Waals surface area contributed by atoms with Crippen LogP contribution in [-0.4, -0.2) is 29.1 Å². The number of fused-ring (bicyclic) bond motifs is 1. The van der Waals surface area contributed by atoms with Gasteiger partial charge in [-0.25, -0.2) is 4.98 Å². The van der Waals surface area contributed by atoms with E-state index in [0.717, 1.165) is 37.0 Å². The minimum absolute atomic E-state index is 0.674. The Balaban J connectivity index is 1.49. The first-order chi connectivity index (χ1) is 8.42. The summed E-state index contributed by atoms with van der Waals surface area (Å²) in [4.78, 5) is 5.62. The number of imidazole rings is 1. The van der Waals surface area contributed by atoms with Crippen molar-refractivity contribution in [2.24, 2.45) is 5.92 Å². The second-order valence-electron chi connectivity index (χ2n) is 4.54. The van der Waals surface area contributed by atoms with Crippen molar-refractivity contribution in [3.8, 4) is 0 Å². The zero-order valence-electron chi connectivity index (χ0n) is 9.76. The zero-order chi connectivity index (χ0) is 11.5. The quantitative estimate of drug-likeness (QED) is 0.902. The second kappa shape index (κ2) is 5.16. The highest BCUT2D eigenvalue weighted by Gasteiger charge is 2.13. The van der Waals surface area contributed by atoms with Gasteiger partial charge in [0.05, 0.1) is 12.3 Å². The van der Waals surface area contributed by atoms with Crippen LogP contribution in [0.3, 0.4) is 0 Å². The molecule has 1 aliphatic rings. The Morgan fingerprint density at radius 2 is 2.59 bits per heavy atom. The first-order valence-electron chi connectivity index (χ1n) is 6.11. The van der Waals surface area contributed by atoms with Gasteiger partial charge in [-0.2, -0.15) is 0 Å². The smallest absolute Gasteiger partial charge is 0.193 e. The van der Waals surface area contributed by atoms with E-state index in [9.17, 15) is 0 Å². The van der Waals surface area contributed by atoms with Crippen molar-refractivity contribution < 1.29 is 4.74 Å². The number of nitrogens with one attached hydrogen (secondary N) is 1. The van der Waals surface area contributed by atoms with Gasteiger partial charge < -0.3 is 10.1 Å². The lowest BCUT2D eigenvalue weighted by Crippen LogP contribution is -2.28. The molecule has 0 aliphatic carbocycles. The topological polar surface area (TPSA) is 38.6 Å². The maximum Gasteiger partial charge on any atom is 0.193 e. The average molecular weight is 251 g/mol. The van der Waals surface area contributed by atoms with Crippen molar-refractivity contribution in [3.63, 3.8) is 0 Å². The predicted octanol–water partition coefficient (Wildman–Crippen LogP) is 1.91. The fourth-order valence-corrected chi connectivity index (χ4v) is 2.95. The average Bonchev–Trinajstić information content (AvgIpc) is 2.91. The van der Waals surface area contributed by atoms with E-state index in [4.69, 9.17) is 4.74 Å². The van der Waals surface area contributed by atoms with Gasteiger partial charge in [-0.15, -0.1) is 11.3 Å². The van der Waals surface area contributed by atoms with Crippen molar-refractivity contribution in [1.82, 2.24) is 14.7 Å². The maximum absolute atomic E-state index is 5.46. The Hall–Kier alpha value is -0.910. The number of nitrogens with zero attached hydrogens (tertiary/aromatic N) is 2. The normalized spacial score (nSPS) is 21.1. The molecule has 1 aliphatic heterocycles. The van der Waals surface area contributed by atoms with Gasteiger partial charge in [0.15, 0.2) is 4.96 Å². The third-order valence-corrected chi connectivity index (χ3v) is 3.91. The van der Waals surface area contributed by atoms with Crippen molar-refractivity contribution in [2.45, 2.75) is 19.4 Å². The number of rotatable bonds is 4. The first kappa shape index (κ1) is 11.2. The molecule has 3 heterocycles. The van der Waals surface area contributed by atoms with E-state index in [1.807, 2.05) is 6.20 Å². The van der Waals surface area contributed by atoms with Crippen molar-refractivity contribution >= 4 is 16.3 Å². The molecule has 3 rings (SSSR count). The van der Waals surface area contributed by atoms with Crippen LogP contribution in [0.1, 0.15) is 18.5 Å². The standard InChI is InChI=1S/C12H17N3OS/c1-2-10(9-16-4-1)6-13-7-11-8-15-3-5-17-12(15)14-11/h3,5,8,10,13H,1-2,4,6-7,9H2. The minimum atomic E-state index is 0.674. The van der Waals surface area contributed by atoms with Gasteiger partial charge >= 0.3 is 0 Å². The molecule has 1 N–H and O–H groups in total. The van der Waals surface area contributed by atoms with Crippen LogP contribution in [0.5, 0.6) is 0 Å². The van der Waals surface area contributed by atoms with Crippen LogP contribution in [0.25, 0.3) is 4.96 Å². The van der Waals surface area contributed by atoms with Crippen LogP contribution in [0.2, 0.25) is 0 Å². The Morgan fingerprint density at radius 3 is 3.41 bits per heavy atom. The van der Waals surface area contributed by atoms with E-state index in [1.54, 1.807) is 11.3 Å². The molecule has 0 radical (unpaired) electrons. The molecule has 0 saturated carbocycles. The molecule has 0 aromatic carbocycles. The highest BCUT2D eigenvalue weighted by atomic mass is 32.1. The summed E-state index contributed by atoms with van der Waals surface area (Å²) in [6.07, 6.45) is 6.62. The molecule has 1 atom stereocenters. The summed E-state index contributed by atoms with van der Waals surface area (Å²) in [6, 6.07) is 0. The summed E-state index contributed by atoms with van der Waals surface area (Å²) in [5.41, 5.74) is 1.12. The summed E-state index contributed by atoms with van der Waals surface area (Å²) in [5.74, 6) is 0.674. The van der Waals surface area contributed by atoms with Crippen LogP contribution in [0.15, 0.2) is 17.8 Å². The Morgan fingerprint density at radius 1 is 1.59 bits per heavy atom. The number of hydrogen-bond donors (Lipinski definition) is 1. The second-order valence-corrected chi connectivity index (χ2v) is 5.41. The van der Waals surface area contributed by atoms with Gasteiger partial charge in [0, 0.05) is 37.5 Å². The molecule has 1 saturated heterocycles. The molecule has 17 heavy (non-hydrogen) atoms. The third-order valence-electron chi connectivity index (χ3n) is 3.14. The van der Waals surface area contributed by atoms with Crippen LogP contribution in [0.4, 0.5) is 0 Å². The van der Waals surface area contributed by atoms with Gasteiger partial charge in [-0.05, 0) is 18.8 Å². The predicted molar refractivity (Wildman–Crippen MR) is 68.3 cm³/mol. The van der Waals surface area contributed by atoms with Crippen molar-refractivity contribution in [1.29, 1.82) is 0 Å². The molecule has 0 bridgehead atoms. The van der Waals surface area contributed by atoms with Crippen LogP contribution in [0, 0.1) is 5.92 Å². The van der Waals surface area contributed by atoms with E-state index in [2.05, 4.69) is 26.3 Å². The van der Waals surface area contributed by atoms with Gasteiger partial charge in [0.1, 0.15) is 0 Å². The van der Waals surface area contributed by atoms with Gasteiger partial charge in [-0.3, -0.25) is 4.40 Å². The first-order valence-corrected chi connectivity index (χ1v) is 6.99. The molecule has 92 valence electrons. The van der Waals surface area contributed by atoms with E-state index in [1.165, 1.54) is 12.8 Å². The Labute approximate surface area is 105 Å². The lowest BCUT2D eigenvalue weighted by atomic mass is 10.0. The molecule has 5 heteroatoms. The third kappa shape index (κ3) is 2.68. The molecule has 1 unspecified atom stereocenters. The van der Waals surface area contributed by atoms with Gasteiger partial charge in [-0.1, -0.05) is 0 Å². The Kier molecular flexibility index (Phi) is 3.40. The van der Waals surface area contributed by atoms with Crippen LogP contribution < -0.4 is 5.32 Å². The summed E-state index contributed by atoms with van der Waals surface area (Å²) in [5, 5.41) is 5.53. The van der Waals surface area contributed by atoms with Gasteiger partial charge in [0.2, 0.25) is 0 Å². The molecule has 2 aromatic heterocycles. The van der Waals surface area contributed by atoms with E-state index in [0.29, 0.717) is 5.92 Å². The van der Waals surface area contributed by atoms with Gasteiger partial charge in [0.25, 0.3) is 0 Å². The molecule has 0 amide bonds. The molecular formula is C12H17N3OS. The summed E-state index contributed by atoms with van der Waals surface area (Å²) >= 11 is 1.67. The van der Waals surface area contributed by atoms with Crippen molar-refractivity contribution in [3.05, 3.63) is 23.5 Å². The summed E-state index contributed by atoms with van der Waals surface area (Å²) in [6.45, 7) is 3.73. The molecular weight excluding hydrogens is 234 g/mol. The van der Waals surface area contributed by atoms with E-state index in [-0.39, 0.29) is 0 Å². The molecule has 0 spiro atoms. The van der Waals surface area contributed by atoms with Crippen LogP contribution in [-0.2, 0) is 11.3 Å². The lowest BCUT2D eigenvalue weighted by molar-refractivity contribution is 0.0547. The highest BCUT2D eigenvalue weighted by molar-refractivity contribution is 7.15. The summed E-state index contributed by atoms with van der Waals surface area (Å²) < 4.78 is 7.54.